The van der Waals surface area contributed by atoms with Gasteiger partial charge in [-0.05, 0) is 31.2 Å². The van der Waals surface area contributed by atoms with Crippen LogP contribution in [0.1, 0.15) is 29.0 Å². The molecule has 2 N–H and O–H groups in total. The number of hydrogen-bond donors (Lipinski definition) is 1. The van der Waals surface area contributed by atoms with Crippen LogP contribution in [0.2, 0.25) is 5.02 Å². The number of nitrogens with zero attached hydrogens (tertiary/aromatic N) is 3. The van der Waals surface area contributed by atoms with Gasteiger partial charge in [-0.1, -0.05) is 11.6 Å². The summed E-state index contributed by atoms with van der Waals surface area (Å²) in [4.78, 5) is 22.5. The first-order chi connectivity index (χ1) is 11.0. The third-order valence-corrected chi connectivity index (χ3v) is 3.72. The first-order valence-corrected chi connectivity index (χ1v) is 7.58. The van der Waals surface area contributed by atoms with Crippen molar-refractivity contribution >= 4 is 17.5 Å². The molecule has 0 spiro atoms. The van der Waals surface area contributed by atoms with Gasteiger partial charge in [-0.15, -0.1) is 0 Å². The van der Waals surface area contributed by atoms with E-state index >= 15 is 0 Å². The van der Waals surface area contributed by atoms with Gasteiger partial charge in [-0.25, -0.2) is 9.97 Å². The highest BCUT2D eigenvalue weighted by molar-refractivity contribution is 6.31. The fourth-order valence-electron chi connectivity index (χ4n) is 2.08. The van der Waals surface area contributed by atoms with Crippen molar-refractivity contribution in [3.8, 4) is 5.75 Å². The van der Waals surface area contributed by atoms with E-state index in [9.17, 15) is 4.79 Å². The molecule has 1 amide bonds. The fraction of sp³-hybridized carbons (Fsp3) is 0.312. The molecule has 0 aliphatic carbocycles. The number of halogens is 1. The van der Waals surface area contributed by atoms with Crippen LogP contribution in [-0.2, 0) is 0 Å². The Kier molecular flexibility index (Phi) is 5.90. The van der Waals surface area contributed by atoms with E-state index in [0.29, 0.717) is 29.5 Å². The van der Waals surface area contributed by atoms with Crippen LogP contribution in [0.25, 0.3) is 0 Å². The van der Waals surface area contributed by atoms with Crippen LogP contribution in [0.3, 0.4) is 0 Å². The monoisotopic (exact) mass is 334 g/mol. The molecule has 0 saturated heterocycles. The second-order valence-electron chi connectivity index (χ2n) is 5.00. The molecule has 1 atom stereocenters. The summed E-state index contributed by atoms with van der Waals surface area (Å²) < 4.78 is 5.54. The molecule has 23 heavy (non-hydrogen) atoms. The number of aromatic nitrogens is 2. The number of ether oxygens (including phenoxy) is 1. The Morgan fingerprint density at radius 3 is 2.87 bits per heavy atom. The molecule has 1 aromatic carbocycles. The zero-order valence-electron chi connectivity index (χ0n) is 13.1. The van der Waals surface area contributed by atoms with Crippen molar-refractivity contribution in [2.45, 2.75) is 13.0 Å². The summed E-state index contributed by atoms with van der Waals surface area (Å²) in [5.74, 6) is 0.261. The smallest absolute Gasteiger partial charge is 0.257 e. The maximum atomic E-state index is 12.8. The molecule has 6 nitrogen and oxygen atoms in total. The van der Waals surface area contributed by atoms with Gasteiger partial charge in [0.25, 0.3) is 5.91 Å². The number of rotatable bonds is 6. The maximum Gasteiger partial charge on any atom is 0.257 e. The normalized spacial score (nSPS) is 11.8. The minimum absolute atomic E-state index is 0.203. The zero-order valence-corrected chi connectivity index (χ0v) is 13.8. The molecular weight excluding hydrogens is 316 g/mol. The van der Waals surface area contributed by atoms with Crippen molar-refractivity contribution < 1.29 is 9.53 Å². The molecule has 1 aromatic heterocycles. The van der Waals surface area contributed by atoms with Crippen LogP contribution in [-0.4, -0.2) is 41.0 Å². The van der Waals surface area contributed by atoms with Crippen LogP contribution in [0.5, 0.6) is 5.75 Å². The molecule has 7 heteroatoms. The quantitative estimate of drug-likeness (QED) is 0.876. The summed E-state index contributed by atoms with van der Waals surface area (Å²) in [7, 11) is 1.71. The number of carbonyl (C=O) groups is 1. The van der Waals surface area contributed by atoms with Crippen molar-refractivity contribution in [3.05, 3.63) is 53.1 Å². The lowest BCUT2D eigenvalue weighted by atomic mass is 10.1. The van der Waals surface area contributed by atoms with E-state index in [2.05, 4.69) is 9.97 Å². The molecule has 0 aliphatic heterocycles. The Bertz CT molecular complexity index is 666. The Hall–Kier alpha value is -2.18. The van der Waals surface area contributed by atoms with Gasteiger partial charge in [0.2, 0.25) is 0 Å². The lowest BCUT2D eigenvalue weighted by Gasteiger charge is -2.25. The SMILES string of the molecule is CC(c1ccncn1)N(C)C(=O)c1cc(Cl)ccc1OCCN. The molecule has 1 heterocycles. The third-order valence-electron chi connectivity index (χ3n) is 3.48. The second-order valence-corrected chi connectivity index (χ2v) is 5.44. The van der Waals surface area contributed by atoms with Gasteiger partial charge in [-0.2, -0.15) is 0 Å². The van der Waals surface area contributed by atoms with Gasteiger partial charge in [0.15, 0.2) is 0 Å². The van der Waals surface area contributed by atoms with Crippen molar-refractivity contribution in [2.24, 2.45) is 5.73 Å². The lowest BCUT2D eigenvalue weighted by molar-refractivity contribution is 0.0735. The highest BCUT2D eigenvalue weighted by atomic mass is 35.5. The predicted octanol–water partition coefficient (Wildman–Crippen LogP) is 2.30. The minimum Gasteiger partial charge on any atom is -0.491 e. The van der Waals surface area contributed by atoms with Crippen molar-refractivity contribution in [1.29, 1.82) is 0 Å². The first kappa shape index (κ1) is 17.2. The number of hydrogen-bond acceptors (Lipinski definition) is 5. The predicted molar refractivity (Wildman–Crippen MR) is 88.5 cm³/mol. The highest BCUT2D eigenvalue weighted by Crippen LogP contribution is 2.27. The Morgan fingerprint density at radius 1 is 1.43 bits per heavy atom. The Labute approximate surface area is 140 Å². The molecule has 2 rings (SSSR count). The average molecular weight is 335 g/mol. The highest BCUT2D eigenvalue weighted by Gasteiger charge is 2.23. The lowest BCUT2D eigenvalue weighted by Crippen LogP contribution is -2.30. The number of benzene rings is 1. The van der Waals surface area contributed by atoms with Gasteiger partial charge in [0.05, 0.1) is 17.3 Å². The molecule has 0 saturated carbocycles. The summed E-state index contributed by atoms with van der Waals surface area (Å²) in [5.41, 5.74) is 6.61. The van der Waals surface area contributed by atoms with Crippen LogP contribution >= 0.6 is 11.6 Å². The summed E-state index contributed by atoms with van der Waals surface area (Å²) in [5, 5.41) is 0.469. The Morgan fingerprint density at radius 2 is 2.22 bits per heavy atom. The molecule has 0 fully saturated rings. The van der Waals surface area contributed by atoms with Crippen molar-refractivity contribution in [3.63, 3.8) is 0 Å². The van der Waals surface area contributed by atoms with Crippen LogP contribution < -0.4 is 10.5 Å². The van der Waals surface area contributed by atoms with E-state index in [-0.39, 0.29) is 11.9 Å². The van der Waals surface area contributed by atoms with Gasteiger partial charge >= 0.3 is 0 Å². The summed E-state index contributed by atoms with van der Waals surface area (Å²) in [6.07, 6.45) is 3.10. The van der Waals surface area contributed by atoms with Crippen LogP contribution in [0.15, 0.2) is 36.8 Å². The molecule has 122 valence electrons. The van der Waals surface area contributed by atoms with Crippen LogP contribution in [0, 0.1) is 0 Å². The zero-order chi connectivity index (χ0) is 16.8. The van der Waals surface area contributed by atoms with E-state index in [4.69, 9.17) is 22.1 Å². The fourth-order valence-corrected chi connectivity index (χ4v) is 2.25. The Balaban J connectivity index is 2.26. The van der Waals surface area contributed by atoms with Gasteiger partial charge in [-0.3, -0.25) is 4.79 Å². The van der Waals surface area contributed by atoms with E-state index < -0.39 is 0 Å². The topological polar surface area (TPSA) is 81.3 Å². The van der Waals surface area contributed by atoms with E-state index in [1.165, 1.54) is 6.33 Å². The standard InChI is InChI=1S/C16H19ClN4O2/c1-11(14-5-7-19-10-20-14)21(2)16(22)13-9-12(17)3-4-15(13)23-8-6-18/h3-5,7,9-11H,6,8,18H2,1-2H3. The summed E-state index contributed by atoms with van der Waals surface area (Å²) in [6, 6.07) is 6.51. The molecule has 0 radical (unpaired) electrons. The van der Waals surface area contributed by atoms with Gasteiger partial charge in [0.1, 0.15) is 18.7 Å². The summed E-state index contributed by atoms with van der Waals surface area (Å²) in [6.45, 7) is 2.59. The molecule has 0 aliphatic rings. The van der Waals surface area contributed by atoms with E-state index in [0.717, 1.165) is 5.69 Å². The average Bonchev–Trinajstić information content (AvgIpc) is 2.59. The third kappa shape index (κ3) is 4.18. The minimum atomic E-state index is -0.216. The van der Waals surface area contributed by atoms with Crippen LogP contribution in [0.4, 0.5) is 0 Å². The number of amides is 1. The molecular formula is C16H19ClN4O2. The first-order valence-electron chi connectivity index (χ1n) is 7.20. The summed E-state index contributed by atoms with van der Waals surface area (Å²) >= 11 is 6.02. The number of nitrogens with two attached hydrogens (primary N) is 1. The van der Waals surface area contributed by atoms with E-state index in [1.807, 2.05) is 6.92 Å². The second kappa shape index (κ2) is 7.89. The molecule has 1 unspecified atom stereocenters. The molecule has 2 aromatic rings. The maximum absolute atomic E-state index is 12.8. The van der Waals surface area contributed by atoms with Gasteiger partial charge < -0.3 is 15.4 Å². The van der Waals surface area contributed by atoms with Crippen molar-refractivity contribution in [2.75, 3.05) is 20.2 Å². The number of carbonyl (C=O) groups excluding carboxylic acids is 1. The van der Waals surface area contributed by atoms with E-state index in [1.54, 1.807) is 42.4 Å². The largest absolute Gasteiger partial charge is 0.491 e. The van der Waals surface area contributed by atoms with Crippen molar-refractivity contribution in [1.82, 2.24) is 14.9 Å². The molecule has 0 bridgehead atoms. The van der Waals surface area contributed by atoms with Gasteiger partial charge in [0, 0.05) is 24.8 Å².